The third-order valence-corrected chi connectivity index (χ3v) is 5.98. The minimum Gasteiger partial charge on any atom is -0.324 e. The fourth-order valence-corrected chi connectivity index (χ4v) is 4.32. The Morgan fingerprint density at radius 3 is 2.34 bits per heavy atom. The summed E-state index contributed by atoms with van der Waals surface area (Å²) in [6.07, 6.45) is 1.12. The standard InChI is InChI=1S/C19H22ClN3O5S/c1-5-17(19(24)21-14-8-6-12(2)16(20)10-14)22(29(4,27)28)18-11-15(23(25)26)9-7-13(18)3/h6-11,17H,5H2,1-4H3,(H,21,24)/t17-/m0/s1. The van der Waals surface area contributed by atoms with Crippen molar-refractivity contribution in [1.29, 1.82) is 0 Å². The zero-order valence-electron chi connectivity index (χ0n) is 16.5. The highest BCUT2D eigenvalue weighted by molar-refractivity contribution is 7.92. The molecule has 0 aliphatic carbocycles. The van der Waals surface area contributed by atoms with Gasteiger partial charge in [-0.25, -0.2) is 8.42 Å². The highest BCUT2D eigenvalue weighted by Gasteiger charge is 2.33. The van der Waals surface area contributed by atoms with E-state index in [4.69, 9.17) is 11.6 Å². The second-order valence-electron chi connectivity index (χ2n) is 6.66. The number of nitrogens with one attached hydrogen (secondary N) is 1. The van der Waals surface area contributed by atoms with Gasteiger partial charge in [-0.1, -0.05) is 30.7 Å². The first-order valence-corrected chi connectivity index (χ1v) is 11.0. The first-order chi connectivity index (χ1) is 13.5. The zero-order valence-corrected chi connectivity index (χ0v) is 18.0. The van der Waals surface area contributed by atoms with Gasteiger partial charge in [-0.2, -0.15) is 0 Å². The molecule has 1 N–H and O–H groups in total. The van der Waals surface area contributed by atoms with E-state index < -0.39 is 26.9 Å². The van der Waals surface area contributed by atoms with Gasteiger partial charge in [-0.15, -0.1) is 0 Å². The van der Waals surface area contributed by atoms with E-state index in [0.29, 0.717) is 16.3 Å². The van der Waals surface area contributed by atoms with Gasteiger partial charge in [-0.3, -0.25) is 19.2 Å². The summed E-state index contributed by atoms with van der Waals surface area (Å²) < 4.78 is 26.1. The molecule has 0 unspecified atom stereocenters. The molecule has 2 aromatic carbocycles. The second-order valence-corrected chi connectivity index (χ2v) is 8.93. The smallest absolute Gasteiger partial charge is 0.271 e. The first kappa shape index (κ1) is 22.6. The number of hydrogen-bond acceptors (Lipinski definition) is 5. The van der Waals surface area contributed by atoms with Gasteiger partial charge in [0, 0.05) is 22.8 Å². The third-order valence-electron chi connectivity index (χ3n) is 4.41. The number of nitrogens with zero attached hydrogens (tertiary/aromatic N) is 2. The lowest BCUT2D eigenvalue weighted by molar-refractivity contribution is -0.384. The molecule has 0 saturated carbocycles. The lowest BCUT2D eigenvalue weighted by Gasteiger charge is -2.31. The number of aryl methyl sites for hydroxylation is 2. The van der Waals surface area contributed by atoms with Crippen LogP contribution < -0.4 is 9.62 Å². The number of nitro groups is 1. The summed E-state index contributed by atoms with van der Waals surface area (Å²) in [5, 5.41) is 14.3. The summed E-state index contributed by atoms with van der Waals surface area (Å²) >= 11 is 6.09. The van der Waals surface area contributed by atoms with Crippen molar-refractivity contribution in [1.82, 2.24) is 0 Å². The minimum absolute atomic E-state index is 0.0886. The molecule has 1 amide bonds. The van der Waals surface area contributed by atoms with Crippen LogP contribution in [0.2, 0.25) is 5.02 Å². The summed E-state index contributed by atoms with van der Waals surface area (Å²) in [5.74, 6) is -0.566. The van der Waals surface area contributed by atoms with Gasteiger partial charge in [0.05, 0.1) is 16.9 Å². The highest BCUT2D eigenvalue weighted by atomic mass is 35.5. The van der Waals surface area contributed by atoms with Crippen LogP contribution in [0.4, 0.5) is 17.1 Å². The average Bonchev–Trinajstić information content (AvgIpc) is 2.62. The molecule has 0 fully saturated rings. The number of carbonyl (C=O) groups excluding carboxylic acids is 1. The van der Waals surface area contributed by atoms with E-state index in [1.54, 1.807) is 32.0 Å². The van der Waals surface area contributed by atoms with Crippen LogP contribution in [0.5, 0.6) is 0 Å². The van der Waals surface area contributed by atoms with Crippen molar-refractivity contribution in [2.75, 3.05) is 15.9 Å². The Bertz CT molecular complexity index is 1060. The van der Waals surface area contributed by atoms with Crippen molar-refractivity contribution in [3.05, 3.63) is 62.7 Å². The molecule has 0 spiro atoms. The molecule has 156 valence electrons. The van der Waals surface area contributed by atoms with Gasteiger partial charge in [-0.05, 0) is 43.5 Å². The Morgan fingerprint density at radius 2 is 1.83 bits per heavy atom. The van der Waals surface area contributed by atoms with Crippen molar-refractivity contribution >= 4 is 44.6 Å². The van der Waals surface area contributed by atoms with Gasteiger partial charge in [0.1, 0.15) is 6.04 Å². The molecule has 2 rings (SSSR count). The van der Waals surface area contributed by atoms with Gasteiger partial charge < -0.3 is 5.32 Å². The predicted molar refractivity (Wildman–Crippen MR) is 114 cm³/mol. The Labute approximate surface area is 174 Å². The van der Waals surface area contributed by atoms with Crippen LogP contribution in [0.1, 0.15) is 24.5 Å². The number of hydrogen-bond donors (Lipinski definition) is 1. The Kier molecular flexibility index (Phi) is 6.86. The van der Waals surface area contributed by atoms with Crippen LogP contribution in [-0.4, -0.2) is 31.5 Å². The molecule has 10 heteroatoms. The van der Waals surface area contributed by atoms with Gasteiger partial charge >= 0.3 is 0 Å². The summed E-state index contributed by atoms with van der Waals surface area (Å²) in [6, 6.07) is 7.77. The average molecular weight is 440 g/mol. The van der Waals surface area contributed by atoms with Crippen molar-refractivity contribution in [2.45, 2.75) is 33.2 Å². The largest absolute Gasteiger partial charge is 0.324 e. The number of sulfonamides is 1. The maximum absolute atomic E-state index is 12.9. The summed E-state index contributed by atoms with van der Waals surface area (Å²) in [4.78, 5) is 23.5. The maximum Gasteiger partial charge on any atom is 0.271 e. The molecule has 29 heavy (non-hydrogen) atoms. The maximum atomic E-state index is 12.9. The van der Waals surface area contributed by atoms with Crippen molar-refractivity contribution in [2.24, 2.45) is 0 Å². The normalized spacial score (nSPS) is 12.3. The third kappa shape index (κ3) is 5.24. The number of halogens is 1. The fourth-order valence-electron chi connectivity index (χ4n) is 2.88. The van der Waals surface area contributed by atoms with Gasteiger partial charge in [0.25, 0.3) is 5.69 Å². The van der Waals surface area contributed by atoms with Crippen LogP contribution >= 0.6 is 11.6 Å². The number of rotatable bonds is 7. The monoisotopic (exact) mass is 439 g/mol. The van der Waals surface area contributed by atoms with Crippen molar-refractivity contribution < 1.29 is 18.1 Å². The Hall–Kier alpha value is -2.65. The predicted octanol–water partition coefficient (Wildman–Crippen LogP) is 4.05. The summed E-state index contributed by atoms with van der Waals surface area (Å²) in [5.41, 5.74) is 1.58. The molecule has 0 saturated heterocycles. The number of benzene rings is 2. The Balaban J connectivity index is 2.49. The van der Waals surface area contributed by atoms with Crippen LogP contribution in [0, 0.1) is 24.0 Å². The number of amides is 1. The first-order valence-electron chi connectivity index (χ1n) is 8.77. The molecule has 0 aliphatic heterocycles. The van der Waals surface area contributed by atoms with E-state index in [0.717, 1.165) is 22.2 Å². The molecule has 0 aromatic heterocycles. The van der Waals surface area contributed by atoms with Gasteiger partial charge in [0.2, 0.25) is 15.9 Å². The number of carbonyl (C=O) groups is 1. The second kappa shape index (κ2) is 8.79. The fraction of sp³-hybridized carbons (Fsp3) is 0.316. The molecule has 0 aliphatic rings. The van der Waals surface area contributed by atoms with Crippen LogP contribution in [0.3, 0.4) is 0 Å². The quantitative estimate of drug-likeness (QED) is 0.517. The molecule has 8 nitrogen and oxygen atoms in total. The van der Waals surface area contributed by atoms with E-state index in [-0.39, 0.29) is 17.8 Å². The van der Waals surface area contributed by atoms with E-state index in [1.807, 2.05) is 6.92 Å². The topological polar surface area (TPSA) is 110 Å². The number of non-ortho nitro benzene ring substituents is 1. The van der Waals surface area contributed by atoms with Crippen molar-refractivity contribution in [3.63, 3.8) is 0 Å². The molecule has 2 aromatic rings. The molecule has 0 bridgehead atoms. The molecule has 0 radical (unpaired) electrons. The van der Waals surface area contributed by atoms with Gasteiger partial charge in [0.15, 0.2) is 0 Å². The summed E-state index contributed by atoms with van der Waals surface area (Å²) in [7, 11) is -3.92. The molecular formula is C19H22ClN3O5S. The Morgan fingerprint density at radius 1 is 1.21 bits per heavy atom. The lowest BCUT2D eigenvalue weighted by Crippen LogP contribution is -2.47. The lowest BCUT2D eigenvalue weighted by atomic mass is 10.1. The van der Waals surface area contributed by atoms with Crippen LogP contribution in [0.15, 0.2) is 36.4 Å². The van der Waals surface area contributed by atoms with E-state index in [2.05, 4.69) is 5.32 Å². The van der Waals surface area contributed by atoms with Crippen LogP contribution in [-0.2, 0) is 14.8 Å². The van der Waals surface area contributed by atoms with E-state index in [9.17, 15) is 23.3 Å². The number of anilines is 2. The minimum atomic E-state index is -3.92. The van der Waals surface area contributed by atoms with Crippen LogP contribution in [0.25, 0.3) is 0 Å². The molecule has 0 heterocycles. The van der Waals surface area contributed by atoms with E-state index in [1.165, 1.54) is 12.1 Å². The van der Waals surface area contributed by atoms with E-state index >= 15 is 0 Å². The zero-order chi connectivity index (χ0) is 21.9. The number of nitro benzene ring substituents is 1. The van der Waals surface area contributed by atoms with Crippen molar-refractivity contribution in [3.8, 4) is 0 Å². The molecular weight excluding hydrogens is 418 g/mol. The highest BCUT2D eigenvalue weighted by Crippen LogP contribution is 2.30. The SMILES string of the molecule is CC[C@@H](C(=O)Nc1ccc(C)c(Cl)c1)N(c1cc([N+](=O)[O-])ccc1C)S(C)(=O)=O. The summed E-state index contributed by atoms with van der Waals surface area (Å²) in [6.45, 7) is 5.11. The molecule has 1 atom stereocenters.